The van der Waals surface area contributed by atoms with Crippen LogP contribution >= 0.6 is 11.3 Å². The van der Waals surface area contributed by atoms with Crippen LogP contribution < -0.4 is 10.6 Å². The summed E-state index contributed by atoms with van der Waals surface area (Å²) in [5, 5.41) is 10.1. The van der Waals surface area contributed by atoms with Crippen molar-refractivity contribution in [2.75, 3.05) is 18.1 Å². The molecule has 2 saturated carbocycles. The van der Waals surface area contributed by atoms with E-state index in [0.29, 0.717) is 30.6 Å². The van der Waals surface area contributed by atoms with Crippen molar-refractivity contribution in [1.82, 2.24) is 15.6 Å². The molecule has 2 heterocycles. The van der Waals surface area contributed by atoms with Crippen molar-refractivity contribution in [2.45, 2.75) is 51.6 Å². The quantitative estimate of drug-likeness (QED) is 0.588. The van der Waals surface area contributed by atoms with Crippen LogP contribution in [0.3, 0.4) is 0 Å². The lowest BCUT2D eigenvalue weighted by molar-refractivity contribution is 0.386. The lowest BCUT2D eigenvalue weighted by Crippen LogP contribution is -2.47. The fraction of sp³-hybridized carbons (Fsp3) is 0.778. The highest BCUT2D eigenvalue weighted by Crippen LogP contribution is 2.44. The lowest BCUT2D eigenvalue weighted by atomic mass is 9.95. The normalized spacial score (nSPS) is 32.9. The number of nitrogens with zero attached hydrogens (tertiary/aromatic N) is 2. The molecule has 0 radical (unpaired) electrons. The summed E-state index contributed by atoms with van der Waals surface area (Å²) in [6, 6.07) is 0.505. The number of hydrogen-bond acceptors (Lipinski definition) is 5. The molecule has 0 amide bonds. The van der Waals surface area contributed by atoms with Gasteiger partial charge in [0.05, 0.1) is 18.1 Å². The highest BCUT2D eigenvalue weighted by Gasteiger charge is 2.40. The predicted octanol–water partition coefficient (Wildman–Crippen LogP) is 2.11. The Labute approximate surface area is 159 Å². The largest absolute Gasteiger partial charge is 0.356 e. The Morgan fingerprint density at radius 1 is 1.35 bits per heavy atom. The topological polar surface area (TPSA) is 83.5 Å². The number of aliphatic imine (C=N–C) groups is 1. The number of aryl methyl sites for hydroxylation is 1. The molecule has 6 nitrogen and oxygen atoms in total. The van der Waals surface area contributed by atoms with Gasteiger partial charge in [-0.1, -0.05) is 6.42 Å². The molecule has 2 N–H and O–H groups in total. The van der Waals surface area contributed by atoms with Gasteiger partial charge in [0.15, 0.2) is 15.8 Å². The van der Waals surface area contributed by atoms with Crippen LogP contribution in [0.2, 0.25) is 0 Å². The number of guanidine groups is 1. The Bertz CT molecular complexity index is 774. The third kappa shape index (κ3) is 4.39. The van der Waals surface area contributed by atoms with Gasteiger partial charge in [0.25, 0.3) is 0 Å². The molecule has 3 fully saturated rings. The molecule has 4 atom stereocenters. The van der Waals surface area contributed by atoms with Crippen molar-refractivity contribution in [3.8, 4) is 0 Å². The molecule has 144 valence electrons. The zero-order chi connectivity index (χ0) is 18.1. The SMILES string of the molecule is Cc1csc(CN=C(NCC2CCS(=O)(=O)C2)NC2CC3CCC2C3)n1. The second kappa shape index (κ2) is 7.46. The van der Waals surface area contributed by atoms with E-state index in [2.05, 4.69) is 15.6 Å². The molecular formula is C18H28N4O2S2. The molecule has 2 bridgehead atoms. The van der Waals surface area contributed by atoms with Crippen LogP contribution in [0.5, 0.6) is 0 Å². The first kappa shape index (κ1) is 18.2. The van der Waals surface area contributed by atoms with Gasteiger partial charge in [-0.05, 0) is 50.4 Å². The van der Waals surface area contributed by atoms with Gasteiger partial charge in [0.2, 0.25) is 0 Å². The number of thiazole rings is 1. The average Bonchev–Trinajstić information content (AvgIpc) is 3.35. The summed E-state index contributed by atoms with van der Waals surface area (Å²) in [6.45, 7) is 3.23. The van der Waals surface area contributed by atoms with Crippen molar-refractivity contribution >= 4 is 27.1 Å². The summed E-state index contributed by atoms with van der Waals surface area (Å²) < 4.78 is 23.4. The van der Waals surface area contributed by atoms with Gasteiger partial charge < -0.3 is 10.6 Å². The van der Waals surface area contributed by atoms with E-state index in [0.717, 1.165) is 34.9 Å². The van der Waals surface area contributed by atoms with Gasteiger partial charge in [-0.25, -0.2) is 18.4 Å². The third-order valence-corrected chi connectivity index (χ3v) is 8.77. The minimum absolute atomic E-state index is 0.189. The van der Waals surface area contributed by atoms with Crippen molar-refractivity contribution in [2.24, 2.45) is 22.7 Å². The van der Waals surface area contributed by atoms with E-state index in [1.54, 1.807) is 11.3 Å². The van der Waals surface area contributed by atoms with Crippen LogP contribution in [0.1, 0.15) is 42.8 Å². The first-order chi connectivity index (χ1) is 12.5. The Morgan fingerprint density at radius 2 is 2.23 bits per heavy atom. The predicted molar refractivity (Wildman–Crippen MR) is 105 cm³/mol. The van der Waals surface area contributed by atoms with Gasteiger partial charge in [-0.15, -0.1) is 11.3 Å². The van der Waals surface area contributed by atoms with Crippen LogP contribution in [0, 0.1) is 24.7 Å². The van der Waals surface area contributed by atoms with Gasteiger partial charge in [0, 0.05) is 23.7 Å². The van der Waals surface area contributed by atoms with Gasteiger partial charge in [0.1, 0.15) is 5.01 Å². The molecule has 4 rings (SSSR count). The van der Waals surface area contributed by atoms with Crippen LogP contribution in [-0.4, -0.2) is 43.5 Å². The summed E-state index contributed by atoms with van der Waals surface area (Å²) in [5.74, 6) is 3.27. The smallest absolute Gasteiger partial charge is 0.191 e. The summed E-state index contributed by atoms with van der Waals surface area (Å²) >= 11 is 1.64. The van der Waals surface area contributed by atoms with Gasteiger partial charge >= 0.3 is 0 Å². The highest BCUT2D eigenvalue weighted by molar-refractivity contribution is 7.91. The Kier molecular flexibility index (Phi) is 5.23. The molecule has 1 aromatic heterocycles. The molecule has 1 aromatic rings. The van der Waals surface area contributed by atoms with Crippen LogP contribution in [0.4, 0.5) is 0 Å². The molecule has 0 spiro atoms. The Balaban J connectivity index is 1.38. The first-order valence-corrected chi connectivity index (χ1v) is 12.3. The maximum atomic E-state index is 11.7. The van der Waals surface area contributed by atoms with Crippen LogP contribution in [0.25, 0.3) is 0 Å². The lowest BCUT2D eigenvalue weighted by Gasteiger charge is -2.25. The van der Waals surface area contributed by atoms with Gasteiger partial charge in [-0.2, -0.15) is 0 Å². The van der Waals surface area contributed by atoms with E-state index >= 15 is 0 Å². The van der Waals surface area contributed by atoms with E-state index in [1.807, 2.05) is 12.3 Å². The van der Waals surface area contributed by atoms with Crippen molar-refractivity contribution < 1.29 is 8.42 Å². The third-order valence-electron chi connectivity index (χ3n) is 5.98. The molecule has 1 saturated heterocycles. The molecule has 8 heteroatoms. The second-order valence-corrected chi connectivity index (χ2v) is 11.3. The molecule has 0 aromatic carbocycles. The van der Waals surface area contributed by atoms with E-state index in [9.17, 15) is 8.42 Å². The van der Waals surface area contributed by atoms with Gasteiger partial charge in [-0.3, -0.25) is 0 Å². The standard InChI is InChI=1S/C18H28N4O2S2/c1-12-10-25-17(21-12)9-20-18(19-8-14-4-5-26(23,24)11-14)22-16-7-13-2-3-15(16)6-13/h10,13-16H,2-9,11H2,1H3,(H2,19,20,22). The average molecular weight is 397 g/mol. The molecule has 4 unspecified atom stereocenters. The molecule has 2 aliphatic carbocycles. The van der Waals surface area contributed by atoms with E-state index < -0.39 is 9.84 Å². The first-order valence-electron chi connectivity index (χ1n) is 9.63. The van der Waals surface area contributed by atoms with Crippen molar-refractivity contribution in [3.05, 3.63) is 16.1 Å². The summed E-state index contributed by atoms with van der Waals surface area (Å²) in [5.41, 5.74) is 1.03. The Hall–Kier alpha value is -1.15. The fourth-order valence-corrected chi connectivity index (χ4v) is 7.20. The second-order valence-electron chi connectivity index (χ2n) is 8.12. The summed E-state index contributed by atoms with van der Waals surface area (Å²) in [7, 11) is -2.83. The molecule has 26 heavy (non-hydrogen) atoms. The number of fused-ring (bicyclic) bond motifs is 2. The molecule has 1 aliphatic heterocycles. The number of nitrogens with one attached hydrogen (secondary N) is 2. The minimum atomic E-state index is -2.83. The zero-order valence-electron chi connectivity index (χ0n) is 15.3. The maximum absolute atomic E-state index is 11.7. The number of hydrogen-bond donors (Lipinski definition) is 2. The van der Waals surface area contributed by atoms with Crippen molar-refractivity contribution in [3.63, 3.8) is 0 Å². The summed E-state index contributed by atoms with van der Waals surface area (Å²) in [4.78, 5) is 9.23. The van der Waals surface area contributed by atoms with E-state index in [-0.39, 0.29) is 5.92 Å². The Morgan fingerprint density at radius 3 is 2.85 bits per heavy atom. The van der Waals surface area contributed by atoms with E-state index in [1.165, 1.54) is 25.7 Å². The van der Waals surface area contributed by atoms with Crippen molar-refractivity contribution in [1.29, 1.82) is 0 Å². The highest BCUT2D eigenvalue weighted by atomic mass is 32.2. The molecule has 3 aliphatic rings. The minimum Gasteiger partial charge on any atom is -0.356 e. The molecular weight excluding hydrogens is 368 g/mol. The monoisotopic (exact) mass is 396 g/mol. The number of sulfone groups is 1. The fourth-order valence-electron chi connectivity index (χ4n) is 4.65. The van der Waals surface area contributed by atoms with E-state index in [4.69, 9.17) is 4.99 Å². The zero-order valence-corrected chi connectivity index (χ0v) is 16.9. The number of rotatable bonds is 5. The van der Waals surface area contributed by atoms with Crippen LogP contribution in [-0.2, 0) is 16.4 Å². The number of aromatic nitrogens is 1. The maximum Gasteiger partial charge on any atom is 0.191 e. The summed E-state index contributed by atoms with van der Waals surface area (Å²) in [6.07, 6.45) is 6.03. The van der Waals surface area contributed by atoms with Crippen LogP contribution in [0.15, 0.2) is 10.4 Å².